The molecule has 0 N–H and O–H groups in total. The van der Waals surface area contributed by atoms with E-state index in [2.05, 4.69) is 26.0 Å². The number of nitrogens with zero attached hydrogens (tertiary/aromatic N) is 3. The molecule has 1 saturated carbocycles. The van der Waals surface area contributed by atoms with Crippen molar-refractivity contribution >= 4 is 27.4 Å². The molecule has 0 radical (unpaired) electrons. The molecule has 0 spiro atoms. The summed E-state index contributed by atoms with van der Waals surface area (Å²) in [4.78, 5) is 15.3. The number of fused-ring (bicyclic) bond motifs is 1. The van der Waals surface area contributed by atoms with Gasteiger partial charge in [-0.05, 0) is 28.4 Å². The average molecular weight is 310 g/mol. The van der Waals surface area contributed by atoms with Crippen molar-refractivity contribution in [1.29, 1.82) is 0 Å². The zero-order valence-electron chi connectivity index (χ0n) is 9.67. The summed E-state index contributed by atoms with van der Waals surface area (Å²) < 4.78 is 8.10. The number of carbonyl (C=O) groups excluding carboxylic acids is 1. The summed E-state index contributed by atoms with van der Waals surface area (Å²) in [6, 6.07) is 3.65. The number of Topliss-reactive ketones (excluding diaryl/α,β-unsaturated/α-hetero) is 1. The highest BCUT2D eigenvalue weighted by molar-refractivity contribution is 9.10. The maximum Gasteiger partial charge on any atom is 0.231 e. The van der Waals surface area contributed by atoms with Crippen molar-refractivity contribution < 1.29 is 9.53 Å². The van der Waals surface area contributed by atoms with Crippen LogP contribution in [0, 0.1) is 5.92 Å². The number of halogens is 1. The van der Waals surface area contributed by atoms with Crippen LogP contribution in [-0.4, -0.2) is 27.0 Å². The molecule has 6 heteroatoms. The van der Waals surface area contributed by atoms with Crippen LogP contribution in [0.25, 0.3) is 5.65 Å². The Morgan fingerprint density at radius 1 is 1.50 bits per heavy atom. The summed E-state index contributed by atoms with van der Waals surface area (Å²) in [5.41, 5.74) is 0.769. The summed E-state index contributed by atoms with van der Waals surface area (Å²) in [5, 5.41) is 4.31. The normalized spacial score (nSPS) is 19.6. The zero-order valence-corrected chi connectivity index (χ0v) is 11.3. The van der Waals surface area contributed by atoms with Gasteiger partial charge in [-0.25, -0.2) is 9.50 Å². The summed E-state index contributed by atoms with van der Waals surface area (Å²) in [6.07, 6.45) is 3.95. The molecule has 2 aromatic heterocycles. The fraction of sp³-hybridized carbons (Fsp3) is 0.417. The Bertz CT molecular complexity index is 596. The maximum absolute atomic E-state index is 11.2. The Kier molecular flexibility index (Phi) is 3.03. The number of aromatic nitrogens is 3. The Labute approximate surface area is 112 Å². The lowest BCUT2D eigenvalue weighted by Gasteiger charge is -2.09. The van der Waals surface area contributed by atoms with E-state index in [1.165, 1.54) is 0 Å². The first kappa shape index (κ1) is 11.6. The van der Waals surface area contributed by atoms with E-state index in [9.17, 15) is 4.79 Å². The first-order chi connectivity index (χ1) is 8.72. The van der Waals surface area contributed by atoms with Crippen molar-refractivity contribution in [3.63, 3.8) is 0 Å². The first-order valence-electron chi connectivity index (χ1n) is 5.87. The Balaban J connectivity index is 1.70. The molecule has 5 nitrogen and oxygen atoms in total. The quantitative estimate of drug-likeness (QED) is 0.872. The van der Waals surface area contributed by atoms with Crippen LogP contribution in [0.2, 0.25) is 0 Å². The van der Waals surface area contributed by atoms with Gasteiger partial charge in [0, 0.05) is 24.8 Å². The van der Waals surface area contributed by atoms with Gasteiger partial charge in [-0.3, -0.25) is 4.79 Å². The van der Waals surface area contributed by atoms with Crippen molar-refractivity contribution in [1.82, 2.24) is 14.6 Å². The van der Waals surface area contributed by atoms with E-state index in [1.54, 1.807) is 16.8 Å². The van der Waals surface area contributed by atoms with Crippen molar-refractivity contribution in [3.05, 3.63) is 22.9 Å². The summed E-state index contributed by atoms with van der Waals surface area (Å²) in [6.45, 7) is 0.552. The number of carbonyl (C=O) groups is 1. The standard InChI is InChI=1S/C12H12BrN3O2/c13-10-6-14-11-3-4-12(15-16(10)11)18-7-8-1-2-9(17)5-8/h3-4,6,8H,1-2,5,7H2/t8-/m1/s1. The third kappa shape index (κ3) is 2.25. The smallest absolute Gasteiger partial charge is 0.231 e. The Hall–Kier alpha value is -1.43. The minimum atomic E-state index is 0.334. The molecule has 0 unspecified atom stereocenters. The van der Waals surface area contributed by atoms with Gasteiger partial charge >= 0.3 is 0 Å². The van der Waals surface area contributed by atoms with Crippen molar-refractivity contribution in [2.45, 2.75) is 19.3 Å². The highest BCUT2D eigenvalue weighted by atomic mass is 79.9. The summed E-state index contributed by atoms with van der Waals surface area (Å²) >= 11 is 3.36. The number of hydrogen-bond donors (Lipinski definition) is 0. The van der Waals surface area contributed by atoms with Crippen molar-refractivity contribution in [3.8, 4) is 5.88 Å². The second-order valence-corrected chi connectivity index (χ2v) is 5.29. The fourth-order valence-electron chi connectivity index (χ4n) is 2.14. The molecule has 1 atom stereocenters. The van der Waals surface area contributed by atoms with Gasteiger partial charge in [0.05, 0.1) is 12.8 Å². The molecule has 2 heterocycles. The number of ketones is 1. The highest BCUT2D eigenvalue weighted by Crippen LogP contribution is 2.23. The second-order valence-electron chi connectivity index (χ2n) is 4.48. The van der Waals surface area contributed by atoms with Gasteiger partial charge in [-0.2, -0.15) is 0 Å². The molecule has 0 amide bonds. The van der Waals surface area contributed by atoms with Crippen LogP contribution in [0.1, 0.15) is 19.3 Å². The summed E-state index contributed by atoms with van der Waals surface area (Å²) in [7, 11) is 0. The number of rotatable bonds is 3. The zero-order chi connectivity index (χ0) is 12.5. The maximum atomic E-state index is 11.2. The van der Waals surface area contributed by atoms with Crippen LogP contribution >= 0.6 is 15.9 Å². The SMILES string of the molecule is O=C1CC[C@@H](COc2ccc3ncc(Br)n3n2)C1. The summed E-state index contributed by atoms with van der Waals surface area (Å²) in [5.74, 6) is 1.23. The molecule has 1 aliphatic carbocycles. The molecule has 94 valence electrons. The van der Waals surface area contributed by atoms with Crippen LogP contribution in [-0.2, 0) is 4.79 Å². The lowest BCUT2D eigenvalue weighted by atomic mass is 10.1. The van der Waals surface area contributed by atoms with Crippen LogP contribution < -0.4 is 4.74 Å². The van der Waals surface area contributed by atoms with Crippen LogP contribution in [0.3, 0.4) is 0 Å². The van der Waals surface area contributed by atoms with E-state index in [4.69, 9.17) is 4.74 Å². The minimum absolute atomic E-state index is 0.334. The molecule has 18 heavy (non-hydrogen) atoms. The first-order valence-corrected chi connectivity index (χ1v) is 6.66. The van der Waals surface area contributed by atoms with E-state index in [0.29, 0.717) is 37.0 Å². The van der Waals surface area contributed by atoms with Crippen molar-refractivity contribution in [2.24, 2.45) is 5.92 Å². The number of ether oxygens (including phenoxy) is 1. The second kappa shape index (κ2) is 4.68. The van der Waals surface area contributed by atoms with Gasteiger partial charge in [0.25, 0.3) is 0 Å². The number of imidazole rings is 1. The number of hydrogen-bond acceptors (Lipinski definition) is 4. The lowest BCUT2D eigenvalue weighted by Crippen LogP contribution is -2.10. The predicted octanol–water partition coefficient (Wildman–Crippen LogP) is 2.24. The molecular weight excluding hydrogens is 298 g/mol. The van der Waals surface area contributed by atoms with E-state index in [-0.39, 0.29) is 0 Å². The minimum Gasteiger partial charge on any atom is -0.476 e. The van der Waals surface area contributed by atoms with Gasteiger partial charge in [0.2, 0.25) is 5.88 Å². The van der Waals surface area contributed by atoms with E-state index in [1.807, 2.05) is 6.07 Å². The average Bonchev–Trinajstić information content (AvgIpc) is 2.94. The van der Waals surface area contributed by atoms with E-state index in [0.717, 1.165) is 16.7 Å². The van der Waals surface area contributed by atoms with Gasteiger partial charge in [-0.15, -0.1) is 5.10 Å². The van der Waals surface area contributed by atoms with Gasteiger partial charge < -0.3 is 4.74 Å². The molecule has 0 bridgehead atoms. The van der Waals surface area contributed by atoms with E-state index >= 15 is 0 Å². The molecular formula is C12H12BrN3O2. The van der Waals surface area contributed by atoms with Gasteiger partial charge in [-0.1, -0.05) is 0 Å². The lowest BCUT2D eigenvalue weighted by molar-refractivity contribution is -0.117. The van der Waals surface area contributed by atoms with Crippen molar-refractivity contribution in [2.75, 3.05) is 6.61 Å². The fourth-order valence-corrected chi connectivity index (χ4v) is 2.51. The van der Waals surface area contributed by atoms with E-state index < -0.39 is 0 Å². The Morgan fingerprint density at radius 2 is 2.39 bits per heavy atom. The van der Waals surface area contributed by atoms with Crippen LogP contribution in [0.5, 0.6) is 5.88 Å². The third-order valence-corrected chi connectivity index (χ3v) is 3.65. The largest absolute Gasteiger partial charge is 0.476 e. The Morgan fingerprint density at radius 3 is 3.17 bits per heavy atom. The van der Waals surface area contributed by atoms with Crippen LogP contribution in [0.15, 0.2) is 22.9 Å². The predicted molar refractivity (Wildman–Crippen MR) is 68.5 cm³/mol. The monoisotopic (exact) mass is 309 g/mol. The van der Waals surface area contributed by atoms with Crippen LogP contribution in [0.4, 0.5) is 0 Å². The molecule has 1 aliphatic rings. The molecule has 0 aliphatic heterocycles. The molecule has 3 rings (SSSR count). The molecule has 1 fully saturated rings. The molecule has 2 aromatic rings. The topological polar surface area (TPSA) is 56.5 Å². The van der Waals surface area contributed by atoms with Gasteiger partial charge in [0.15, 0.2) is 5.65 Å². The highest BCUT2D eigenvalue weighted by Gasteiger charge is 2.22. The molecule has 0 saturated heterocycles. The third-order valence-electron chi connectivity index (χ3n) is 3.11. The molecule has 0 aromatic carbocycles. The van der Waals surface area contributed by atoms with Gasteiger partial charge in [0.1, 0.15) is 10.4 Å².